The molecular weight excluding hydrogens is 326 g/mol. The van der Waals surface area contributed by atoms with Gasteiger partial charge in [0.2, 0.25) is 0 Å². The van der Waals surface area contributed by atoms with Crippen LogP contribution >= 0.6 is 0 Å². The van der Waals surface area contributed by atoms with E-state index in [0.717, 1.165) is 0 Å². The monoisotopic (exact) mass is 328 g/mol. The first-order valence-electron chi connectivity index (χ1n) is 0.855. The third-order valence-corrected chi connectivity index (χ3v) is 0. The predicted octanol–water partition coefficient (Wildman–Crippen LogP) is -0.777. The minimum Gasteiger partial charge on any atom is -0.665 e. The third-order valence-electron chi connectivity index (χ3n) is 0. The first-order chi connectivity index (χ1) is 2.83. The summed E-state index contributed by atoms with van der Waals surface area (Å²) in [4.78, 5) is 16.5. The fourth-order valence-corrected chi connectivity index (χ4v) is 0. The summed E-state index contributed by atoms with van der Waals surface area (Å²) in [6, 6.07) is 0. The average Bonchev–Trinajstić information content (AvgIpc) is 1.39. The van der Waals surface area contributed by atoms with E-state index in [-0.39, 0.29) is 31.1 Å². The molecule has 0 radical (unpaired) electrons. The summed E-state index contributed by atoms with van der Waals surface area (Å²) in [6.07, 6.45) is 0. The molecule has 5 heteroatoms. The smallest absolute Gasteiger partial charge is 0.665 e. The molecule has 0 saturated heterocycles. The van der Waals surface area contributed by atoms with Gasteiger partial charge in [-0.15, -0.1) is 0 Å². The Balaban J connectivity index is -0.0000000400. The van der Waals surface area contributed by atoms with Gasteiger partial charge in [-0.05, 0) is 0 Å². The first-order valence-corrected chi connectivity index (χ1v) is 0.855. The Labute approximate surface area is 63.9 Å². The summed E-state index contributed by atoms with van der Waals surface area (Å²) in [5.41, 5.74) is 0. The van der Waals surface area contributed by atoms with E-state index in [1.54, 1.807) is 0 Å². The molecule has 4 nitrogen and oxygen atoms in total. The molecule has 0 aliphatic carbocycles. The van der Waals surface area contributed by atoms with Crippen LogP contribution in [0.3, 0.4) is 0 Å². The van der Waals surface area contributed by atoms with E-state index in [0.29, 0.717) is 12.9 Å². The van der Waals surface area contributed by atoms with Crippen LogP contribution < -0.4 is 0 Å². The molecule has 0 spiro atoms. The molecule has 0 saturated carbocycles. The quantitative estimate of drug-likeness (QED) is 0.573. The van der Waals surface area contributed by atoms with Gasteiger partial charge in [0.15, 0.2) is 0 Å². The summed E-state index contributed by atoms with van der Waals surface area (Å²) in [5.74, 6) is 0. The molecule has 0 aromatic carbocycles. The summed E-state index contributed by atoms with van der Waals surface area (Å²) in [7, 11) is 0. The van der Waals surface area contributed by atoms with Crippen LogP contribution in [-0.4, -0.2) is 23.2 Å². The van der Waals surface area contributed by atoms with Crippen molar-refractivity contribution in [2.24, 2.45) is 0 Å². The maximum absolute atomic E-state index is 8.24. The molecule has 0 aromatic heterocycles. The molecule has 0 unspecified atom stereocenters. The fraction of sp³-hybridized carbons (Fsp3) is 0. The molecule has 38 valence electrons. The van der Waals surface area contributed by atoms with Crippen molar-refractivity contribution in [3.63, 3.8) is 0 Å². The van der Waals surface area contributed by atoms with Crippen molar-refractivity contribution in [3.05, 3.63) is 0 Å². The molecule has 0 bridgehead atoms. The van der Waals surface area contributed by atoms with Gasteiger partial charge in [0, 0.05) is 0 Å². The van der Waals surface area contributed by atoms with E-state index in [9.17, 15) is 0 Å². The second-order valence-electron chi connectivity index (χ2n) is 0.183. The molecule has 0 aliphatic rings. The van der Waals surface area contributed by atoms with Crippen LogP contribution in [-0.2, 0) is 9.59 Å². The van der Waals surface area contributed by atoms with Crippen molar-refractivity contribution < 1.29 is 50.9 Å². The largest absolute Gasteiger partial charge is 2.00 e. The Morgan fingerprint density at radius 1 is 1.00 bits per heavy atom. The van der Waals surface area contributed by atoms with E-state index in [4.69, 9.17) is 19.8 Å². The average molecular weight is 328 g/mol. The third kappa shape index (κ3) is 1470000. The van der Waals surface area contributed by atoms with Crippen LogP contribution in [0.15, 0.2) is 0 Å². The SMILES string of the molecule is O=[C-]O.O=[C-]O.[U+2]. The zero-order chi connectivity index (χ0) is 5.41. The number of aliphatic hydroxyl groups excluding tert-OH is 2. The van der Waals surface area contributed by atoms with E-state index >= 15 is 0 Å². The van der Waals surface area contributed by atoms with Gasteiger partial charge in [-0.1, -0.05) is 12.9 Å². The second-order valence-corrected chi connectivity index (χ2v) is 0.183. The van der Waals surface area contributed by atoms with E-state index in [1.165, 1.54) is 0 Å². The van der Waals surface area contributed by atoms with Crippen molar-refractivity contribution in [1.29, 1.82) is 0 Å². The summed E-state index contributed by atoms with van der Waals surface area (Å²) in [6.45, 7) is 1.00. The molecule has 0 heterocycles. The summed E-state index contributed by atoms with van der Waals surface area (Å²) < 4.78 is 0. The van der Waals surface area contributed by atoms with E-state index in [2.05, 4.69) is 0 Å². The van der Waals surface area contributed by atoms with Crippen molar-refractivity contribution in [2.75, 3.05) is 0 Å². The van der Waals surface area contributed by atoms with Crippen molar-refractivity contribution >= 4 is 12.9 Å². The van der Waals surface area contributed by atoms with Gasteiger partial charge < -0.3 is 19.8 Å². The van der Waals surface area contributed by atoms with Gasteiger partial charge >= 0.3 is 31.1 Å². The van der Waals surface area contributed by atoms with Crippen LogP contribution in [0.2, 0.25) is 0 Å². The number of hydrogen-bond donors (Lipinski definition) is 2. The first kappa shape index (κ1) is 15.8. The molecule has 7 heavy (non-hydrogen) atoms. The van der Waals surface area contributed by atoms with Gasteiger partial charge in [-0.25, -0.2) is 0 Å². The molecule has 2 N–H and O–H groups in total. The molecule has 0 rings (SSSR count). The van der Waals surface area contributed by atoms with Gasteiger partial charge in [0.25, 0.3) is 0 Å². The Hall–Kier alpha value is -0.00805. The maximum atomic E-state index is 8.24. The summed E-state index contributed by atoms with van der Waals surface area (Å²) >= 11 is 0. The molecule has 0 amide bonds. The number of hydrogen-bond acceptors (Lipinski definition) is 2. The van der Waals surface area contributed by atoms with Crippen molar-refractivity contribution in [2.45, 2.75) is 0 Å². The predicted molar refractivity (Wildman–Crippen MR) is 16.6 cm³/mol. The Kier molecular flexibility index (Phi) is 84.7. The molecule has 0 atom stereocenters. The van der Waals surface area contributed by atoms with Gasteiger partial charge in [-0.2, -0.15) is 0 Å². The molecular formula is C2H2O4U. The van der Waals surface area contributed by atoms with Crippen molar-refractivity contribution in [3.8, 4) is 0 Å². The summed E-state index contributed by atoms with van der Waals surface area (Å²) in [5, 5.41) is 13.5. The minimum atomic E-state index is 0. The maximum Gasteiger partial charge on any atom is 2.00 e. The topological polar surface area (TPSA) is 74.6 Å². The minimum absolute atomic E-state index is 0. The molecule has 0 fully saturated rings. The van der Waals surface area contributed by atoms with Gasteiger partial charge in [-0.3, -0.25) is 0 Å². The van der Waals surface area contributed by atoms with Crippen molar-refractivity contribution in [1.82, 2.24) is 0 Å². The Bertz CT molecular complexity index is 30.7. The van der Waals surface area contributed by atoms with Crippen LogP contribution in [0.1, 0.15) is 0 Å². The number of rotatable bonds is 0. The van der Waals surface area contributed by atoms with Gasteiger partial charge in [0.1, 0.15) is 0 Å². The van der Waals surface area contributed by atoms with E-state index < -0.39 is 0 Å². The van der Waals surface area contributed by atoms with Crippen LogP contribution in [0, 0.1) is 31.1 Å². The van der Waals surface area contributed by atoms with Crippen LogP contribution in [0.5, 0.6) is 0 Å². The second kappa shape index (κ2) is 37.6. The zero-order valence-corrected chi connectivity index (χ0v) is 7.37. The standard InChI is InChI=1S/2CHO2.U/c2*2-1-3;/h2*(H,2,3);/q2*-1;+2. The fourth-order valence-electron chi connectivity index (χ4n) is 0. The van der Waals surface area contributed by atoms with Crippen LogP contribution in [0.25, 0.3) is 0 Å². The normalized spacial score (nSPS) is 3.43. The van der Waals surface area contributed by atoms with Crippen LogP contribution in [0.4, 0.5) is 0 Å². The molecule has 0 aliphatic heterocycles. The van der Waals surface area contributed by atoms with Gasteiger partial charge in [0.05, 0.1) is 0 Å². The Morgan fingerprint density at radius 3 is 1.00 bits per heavy atom. The Morgan fingerprint density at radius 2 is 1.00 bits per heavy atom. The zero-order valence-electron chi connectivity index (χ0n) is 3.21. The van der Waals surface area contributed by atoms with E-state index in [1.807, 2.05) is 0 Å². The molecule has 0 aromatic rings.